The lowest BCUT2D eigenvalue weighted by atomic mass is 9.89. The van der Waals surface area contributed by atoms with Crippen molar-refractivity contribution < 1.29 is 32.2 Å². The lowest BCUT2D eigenvalue weighted by molar-refractivity contribution is -0.143. The van der Waals surface area contributed by atoms with Crippen molar-refractivity contribution in [2.75, 3.05) is 6.61 Å². The van der Waals surface area contributed by atoms with Crippen LogP contribution in [0.1, 0.15) is 45.4 Å². The topological polar surface area (TPSA) is 46.5 Å². The van der Waals surface area contributed by atoms with Gasteiger partial charge in [0.05, 0.1) is 12.2 Å². The van der Waals surface area contributed by atoms with E-state index in [-0.39, 0.29) is 6.61 Å². The lowest BCUT2D eigenvalue weighted by Gasteiger charge is -2.23. The third-order valence-corrected chi connectivity index (χ3v) is 3.26. The predicted octanol–water partition coefficient (Wildman–Crippen LogP) is 4.71. The number of ether oxygens (including phenoxy) is 1. The minimum Gasteiger partial charge on any atom is -0.505 e. The minimum atomic E-state index is -4.86. The number of carbonyl (C=O) groups is 1. The van der Waals surface area contributed by atoms with Gasteiger partial charge in [0.2, 0.25) is 0 Å². The summed E-state index contributed by atoms with van der Waals surface area (Å²) in [6.45, 7) is 2.04. The molecule has 0 aliphatic heterocycles. The highest BCUT2D eigenvalue weighted by Gasteiger charge is 2.48. The van der Waals surface area contributed by atoms with Gasteiger partial charge < -0.3 is 9.84 Å². The number of halogens is 4. The number of hydrogen-bond donors (Lipinski definition) is 1. The highest BCUT2D eigenvalue weighted by molar-refractivity contribution is 5.93. The van der Waals surface area contributed by atoms with E-state index in [2.05, 4.69) is 0 Å². The van der Waals surface area contributed by atoms with Crippen LogP contribution in [0, 0.1) is 5.92 Å². The van der Waals surface area contributed by atoms with Crippen molar-refractivity contribution in [2.24, 2.45) is 0 Å². The predicted molar refractivity (Wildman–Crippen MR) is 72.5 cm³/mol. The molecule has 0 aromatic heterocycles. The molecule has 125 valence electrons. The summed E-state index contributed by atoms with van der Waals surface area (Å²) < 4.78 is 56.4. The van der Waals surface area contributed by atoms with Crippen LogP contribution in [0.4, 0.5) is 17.6 Å². The molecule has 1 rings (SSSR count). The van der Waals surface area contributed by atoms with Crippen LogP contribution in [0.5, 0.6) is 0 Å². The third-order valence-electron chi connectivity index (χ3n) is 3.26. The molecular weight excluding hydrogens is 304 g/mol. The Morgan fingerprint density at radius 3 is 2.50 bits per heavy atom. The molecule has 0 saturated carbocycles. The van der Waals surface area contributed by atoms with E-state index in [1.807, 2.05) is 6.92 Å². The van der Waals surface area contributed by atoms with Crippen LogP contribution in [-0.4, -0.2) is 23.9 Å². The van der Waals surface area contributed by atoms with E-state index >= 15 is 0 Å². The highest BCUT2D eigenvalue weighted by atomic mass is 19.4. The van der Waals surface area contributed by atoms with Crippen LogP contribution in [-0.2, 0) is 9.53 Å². The van der Waals surface area contributed by atoms with Gasteiger partial charge in [-0.05, 0) is 12.5 Å². The number of allylic oxidation sites excluding steroid dienone is 2. The number of rotatable bonds is 7. The summed E-state index contributed by atoms with van der Waals surface area (Å²) in [5.74, 6) is -4.81. The van der Waals surface area contributed by atoms with E-state index in [9.17, 15) is 27.5 Å². The van der Waals surface area contributed by atoms with Crippen LogP contribution >= 0.6 is 0 Å². The maximum atomic E-state index is 13.1. The third kappa shape index (κ3) is 5.35. The normalized spacial score (nSPS) is 16.7. The Morgan fingerprint density at radius 2 is 1.91 bits per heavy atom. The Balaban J connectivity index is 2.62. The maximum absolute atomic E-state index is 13.1. The van der Waals surface area contributed by atoms with Gasteiger partial charge in [-0.15, -0.1) is 0 Å². The molecule has 0 heterocycles. The summed E-state index contributed by atoms with van der Waals surface area (Å²) in [6.07, 6.45) is -1.12. The molecule has 22 heavy (non-hydrogen) atoms. The van der Waals surface area contributed by atoms with Crippen molar-refractivity contribution >= 4 is 5.97 Å². The molecule has 0 fully saturated rings. The van der Waals surface area contributed by atoms with Crippen LogP contribution < -0.4 is 0 Å². The molecule has 1 aliphatic carbocycles. The SMILES string of the molecule is CCCCCCCOC(=O)C1=CC(O)=C(F)C[C]1C(F)(F)F. The van der Waals surface area contributed by atoms with Crippen LogP contribution in [0.2, 0.25) is 0 Å². The number of hydrogen-bond acceptors (Lipinski definition) is 3. The average Bonchev–Trinajstić information content (AvgIpc) is 2.43. The van der Waals surface area contributed by atoms with E-state index < -0.39 is 41.6 Å². The number of aliphatic hydroxyl groups excluding tert-OH is 1. The van der Waals surface area contributed by atoms with Crippen molar-refractivity contribution in [3.63, 3.8) is 0 Å². The number of unbranched alkanes of at least 4 members (excludes halogenated alkanes) is 4. The van der Waals surface area contributed by atoms with E-state index in [0.717, 1.165) is 25.7 Å². The van der Waals surface area contributed by atoms with Crippen molar-refractivity contribution in [1.29, 1.82) is 0 Å². The Hall–Kier alpha value is -1.53. The summed E-state index contributed by atoms with van der Waals surface area (Å²) in [4.78, 5) is 11.7. The zero-order chi connectivity index (χ0) is 16.8. The first-order valence-electron chi connectivity index (χ1n) is 7.17. The fourth-order valence-electron chi connectivity index (χ4n) is 2.03. The van der Waals surface area contributed by atoms with Crippen LogP contribution in [0.15, 0.2) is 23.2 Å². The average molecular weight is 323 g/mol. The summed E-state index contributed by atoms with van der Waals surface area (Å²) in [5, 5.41) is 9.19. The monoisotopic (exact) mass is 323 g/mol. The van der Waals surface area contributed by atoms with Gasteiger partial charge in [-0.3, -0.25) is 0 Å². The van der Waals surface area contributed by atoms with Gasteiger partial charge in [0.15, 0.2) is 0 Å². The zero-order valence-electron chi connectivity index (χ0n) is 12.3. The molecule has 0 bridgehead atoms. The second-order valence-corrected chi connectivity index (χ2v) is 5.05. The van der Waals surface area contributed by atoms with E-state index in [0.29, 0.717) is 12.5 Å². The highest BCUT2D eigenvalue weighted by Crippen LogP contribution is 2.42. The molecular formula is C15H19F4O3. The van der Waals surface area contributed by atoms with Crippen LogP contribution in [0.25, 0.3) is 0 Å². The number of carbonyl (C=O) groups excluding carboxylic acids is 1. The largest absolute Gasteiger partial charge is 0.505 e. The van der Waals surface area contributed by atoms with Gasteiger partial charge in [-0.25, -0.2) is 9.18 Å². The zero-order valence-corrected chi connectivity index (χ0v) is 12.3. The Labute approximate surface area is 126 Å². The second kappa shape index (κ2) is 8.19. The smallest absolute Gasteiger partial charge is 0.400 e. The fraction of sp³-hybridized carbons (Fsp3) is 0.600. The first kappa shape index (κ1) is 18.5. The van der Waals surface area contributed by atoms with E-state index in [1.54, 1.807) is 0 Å². The van der Waals surface area contributed by atoms with Crippen molar-refractivity contribution in [3.8, 4) is 0 Å². The molecule has 0 atom stereocenters. The Bertz CT molecular complexity index is 452. The summed E-state index contributed by atoms with van der Waals surface area (Å²) in [6, 6.07) is 0. The van der Waals surface area contributed by atoms with Crippen molar-refractivity contribution in [2.45, 2.75) is 51.6 Å². The quantitative estimate of drug-likeness (QED) is 0.419. The number of alkyl halides is 3. The molecule has 0 aromatic carbocycles. The lowest BCUT2D eigenvalue weighted by Crippen LogP contribution is -2.29. The summed E-state index contributed by atoms with van der Waals surface area (Å²) >= 11 is 0. The standard InChI is InChI=1S/C15H19F4O3/c1-2-3-4-5-6-7-22-14(21)10-8-13(20)12(16)9-11(10)15(17,18)19/h8,20H,2-7,9H2,1H3. The summed E-state index contributed by atoms with van der Waals surface area (Å²) in [7, 11) is 0. The molecule has 0 spiro atoms. The van der Waals surface area contributed by atoms with Crippen LogP contribution in [0.3, 0.4) is 0 Å². The molecule has 1 radical (unpaired) electrons. The number of esters is 1. The minimum absolute atomic E-state index is 0.00200. The van der Waals surface area contributed by atoms with Gasteiger partial charge >= 0.3 is 12.1 Å². The Morgan fingerprint density at radius 1 is 1.27 bits per heavy atom. The van der Waals surface area contributed by atoms with Gasteiger partial charge in [0, 0.05) is 6.42 Å². The molecule has 0 amide bonds. The molecule has 0 aromatic rings. The molecule has 1 aliphatic rings. The van der Waals surface area contributed by atoms with E-state index in [4.69, 9.17) is 4.74 Å². The Kier molecular flexibility index (Phi) is 6.90. The molecule has 3 nitrogen and oxygen atoms in total. The molecule has 7 heteroatoms. The number of aliphatic hydroxyl groups is 1. The van der Waals surface area contributed by atoms with Gasteiger partial charge in [0.25, 0.3) is 0 Å². The molecule has 0 saturated heterocycles. The van der Waals surface area contributed by atoms with Crippen molar-refractivity contribution in [1.82, 2.24) is 0 Å². The van der Waals surface area contributed by atoms with Gasteiger partial charge in [-0.2, -0.15) is 13.2 Å². The van der Waals surface area contributed by atoms with E-state index in [1.165, 1.54) is 0 Å². The first-order valence-corrected chi connectivity index (χ1v) is 7.17. The van der Waals surface area contributed by atoms with Gasteiger partial charge in [0.1, 0.15) is 17.5 Å². The summed E-state index contributed by atoms with van der Waals surface area (Å²) in [5.41, 5.74) is -0.833. The first-order chi connectivity index (χ1) is 10.3. The second-order valence-electron chi connectivity index (χ2n) is 5.05. The van der Waals surface area contributed by atoms with Crippen molar-refractivity contribution in [3.05, 3.63) is 29.2 Å². The maximum Gasteiger partial charge on any atom is 0.400 e. The fourth-order valence-corrected chi connectivity index (χ4v) is 2.03. The molecule has 1 N–H and O–H groups in total. The van der Waals surface area contributed by atoms with Gasteiger partial charge in [-0.1, -0.05) is 32.6 Å². The molecule has 0 unspecified atom stereocenters.